The smallest absolute Gasteiger partial charge is 0.241 e. The third-order valence-corrected chi connectivity index (χ3v) is 11.1. The number of aliphatic hydroxyl groups is 1. The highest BCUT2D eigenvalue weighted by Gasteiger charge is 2.34. The Morgan fingerprint density at radius 2 is 1.73 bits per heavy atom. The van der Waals surface area contributed by atoms with Crippen LogP contribution in [0.5, 0.6) is 0 Å². The molecule has 1 atom stereocenters. The molecule has 9 nitrogen and oxygen atoms in total. The molecule has 1 amide bonds. The van der Waals surface area contributed by atoms with E-state index in [1.165, 1.54) is 30.5 Å². The number of nitrogens with zero attached hydrogens (tertiary/aromatic N) is 4. The molecule has 2 aromatic rings. The van der Waals surface area contributed by atoms with Crippen molar-refractivity contribution in [1.82, 2.24) is 19.5 Å². The molecule has 5 rings (SSSR count). The summed E-state index contributed by atoms with van der Waals surface area (Å²) in [5.41, 5.74) is 3.55. The lowest BCUT2D eigenvalue weighted by atomic mass is 9.78. The molecule has 2 N–H and O–H groups in total. The van der Waals surface area contributed by atoms with Crippen molar-refractivity contribution < 1.29 is 18.3 Å². The van der Waals surface area contributed by atoms with E-state index in [1.807, 2.05) is 6.20 Å². The van der Waals surface area contributed by atoms with Gasteiger partial charge in [-0.25, -0.2) is 17.9 Å². The summed E-state index contributed by atoms with van der Waals surface area (Å²) in [6, 6.07) is 2.64. The van der Waals surface area contributed by atoms with Crippen LogP contribution in [-0.2, 0) is 14.6 Å². The van der Waals surface area contributed by atoms with Gasteiger partial charge in [0.25, 0.3) is 0 Å². The first-order valence-electron chi connectivity index (χ1n) is 15.6. The van der Waals surface area contributed by atoms with Gasteiger partial charge >= 0.3 is 0 Å². The summed E-state index contributed by atoms with van der Waals surface area (Å²) in [7, 11) is -3.00. The highest BCUT2D eigenvalue weighted by Crippen LogP contribution is 2.42. The van der Waals surface area contributed by atoms with Crippen molar-refractivity contribution >= 4 is 27.2 Å². The summed E-state index contributed by atoms with van der Waals surface area (Å²) in [5.74, 6) is 1.64. The van der Waals surface area contributed by atoms with Crippen LogP contribution in [0.1, 0.15) is 114 Å². The Balaban J connectivity index is 1.31. The molecule has 3 aliphatic rings. The lowest BCUT2D eigenvalue weighted by Crippen LogP contribution is -2.46. The minimum atomic E-state index is -3.00. The number of carbonyl (C=O) groups excluding carboxylic acids is 1. The van der Waals surface area contributed by atoms with Crippen LogP contribution >= 0.6 is 0 Å². The molecule has 1 aliphatic heterocycles. The van der Waals surface area contributed by atoms with E-state index in [2.05, 4.69) is 29.7 Å². The number of sulfone groups is 1. The number of carbonyl (C=O) groups is 1. The Labute approximate surface area is 239 Å². The Kier molecular flexibility index (Phi) is 9.35. The molecule has 2 aliphatic carbocycles. The highest BCUT2D eigenvalue weighted by molar-refractivity contribution is 7.91. The summed E-state index contributed by atoms with van der Waals surface area (Å²) < 4.78 is 25.7. The Hall–Kier alpha value is -2.20. The molecular weight excluding hydrogens is 526 g/mol. The maximum Gasteiger partial charge on any atom is 0.241 e. The SMILES string of the molecule is CCCCC[C@H](C)Nc1ncc2c([C@H]3CC[C@@H](C(=O)N4CCS(=O)(=O)CC4)CC3)cc([C@H]3CC[C@H](O)CC3)n2n1. The molecule has 0 radical (unpaired) electrons. The highest BCUT2D eigenvalue weighted by atomic mass is 32.2. The van der Waals surface area contributed by atoms with Crippen LogP contribution in [-0.4, -0.2) is 75.7 Å². The molecule has 2 saturated carbocycles. The number of aliphatic hydroxyl groups excluding tert-OH is 1. The lowest BCUT2D eigenvalue weighted by Gasteiger charge is -2.33. The van der Waals surface area contributed by atoms with Crippen LogP contribution in [0.4, 0.5) is 5.95 Å². The third-order valence-electron chi connectivity index (χ3n) is 9.48. The van der Waals surface area contributed by atoms with Gasteiger partial charge in [0.15, 0.2) is 9.84 Å². The normalized spacial score (nSPS) is 27.9. The first-order chi connectivity index (χ1) is 19.2. The van der Waals surface area contributed by atoms with Crippen LogP contribution < -0.4 is 5.32 Å². The fraction of sp³-hybridized carbons (Fsp3) is 0.767. The van der Waals surface area contributed by atoms with E-state index >= 15 is 0 Å². The van der Waals surface area contributed by atoms with Crippen molar-refractivity contribution in [3.05, 3.63) is 23.5 Å². The van der Waals surface area contributed by atoms with Gasteiger partial charge in [0, 0.05) is 36.7 Å². The molecule has 0 unspecified atom stereocenters. The number of fused-ring (bicyclic) bond motifs is 1. The lowest BCUT2D eigenvalue weighted by molar-refractivity contribution is -0.136. The molecule has 2 aromatic heterocycles. The molecule has 10 heteroatoms. The van der Waals surface area contributed by atoms with Gasteiger partial charge in [-0.15, -0.1) is 5.10 Å². The number of amides is 1. The van der Waals surface area contributed by atoms with E-state index in [9.17, 15) is 18.3 Å². The Bertz CT molecular complexity index is 1250. The topological polar surface area (TPSA) is 117 Å². The average molecular weight is 574 g/mol. The van der Waals surface area contributed by atoms with Gasteiger partial charge in [0.05, 0.1) is 29.3 Å². The zero-order valence-electron chi connectivity index (χ0n) is 24.2. The van der Waals surface area contributed by atoms with Crippen LogP contribution in [0.2, 0.25) is 0 Å². The molecule has 3 heterocycles. The van der Waals surface area contributed by atoms with E-state index in [1.54, 1.807) is 4.90 Å². The van der Waals surface area contributed by atoms with Crippen molar-refractivity contribution in [1.29, 1.82) is 0 Å². The number of hydrogen-bond acceptors (Lipinski definition) is 7. The van der Waals surface area contributed by atoms with E-state index in [0.29, 0.717) is 36.9 Å². The van der Waals surface area contributed by atoms with Crippen molar-refractivity contribution in [2.75, 3.05) is 29.9 Å². The minimum absolute atomic E-state index is 0.0218. The number of aromatic nitrogens is 3. The predicted octanol–water partition coefficient (Wildman–Crippen LogP) is 4.66. The number of unbranched alkanes of at least 4 members (excludes halogenated alkanes) is 2. The van der Waals surface area contributed by atoms with Crippen molar-refractivity contribution in [2.45, 2.75) is 115 Å². The predicted molar refractivity (Wildman–Crippen MR) is 157 cm³/mol. The van der Waals surface area contributed by atoms with Crippen molar-refractivity contribution in [3.8, 4) is 0 Å². The third kappa shape index (κ3) is 6.81. The summed E-state index contributed by atoms with van der Waals surface area (Å²) in [5, 5.41) is 18.6. The first-order valence-corrected chi connectivity index (χ1v) is 17.4. The maximum absolute atomic E-state index is 13.1. The molecular formula is C30H47N5O4S. The van der Waals surface area contributed by atoms with E-state index < -0.39 is 9.84 Å². The van der Waals surface area contributed by atoms with Crippen molar-refractivity contribution in [3.63, 3.8) is 0 Å². The van der Waals surface area contributed by atoms with E-state index in [0.717, 1.165) is 63.3 Å². The monoisotopic (exact) mass is 573 g/mol. The van der Waals surface area contributed by atoms with Crippen LogP contribution in [0.15, 0.2) is 12.3 Å². The zero-order valence-corrected chi connectivity index (χ0v) is 25.0. The van der Waals surface area contributed by atoms with E-state index in [-0.39, 0.29) is 29.4 Å². The second-order valence-corrected chi connectivity index (χ2v) is 14.8. The summed E-state index contributed by atoms with van der Waals surface area (Å²) in [6.45, 7) is 5.07. The van der Waals surface area contributed by atoms with E-state index in [4.69, 9.17) is 10.1 Å². The van der Waals surface area contributed by atoms with Crippen LogP contribution in [0.3, 0.4) is 0 Å². The fourth-order valence-corrected chi connectivity index (χ4v) is 8.13. The fourth-order valence-electron chi connectivity index (χ4n) is 6.93. The van der Waals surface area contributed by atoms with Crippen LogP contribution in [0.25, 0.3) is 5.52 Å². The summed E-state index contributed by atoms with van der Waals surface area (Å²) in [4.78, 5) is 19.6. The minimum Gasteiger partial charge on any atom is -0.393 e. The molecule has 3 fully saturated rings. The Morgan fingerprint density at radius 1 is 1.05 bits per heavy atom. The van der Waals surface area contributed by atoms with Crippen LogP contribution in [0, 0.1) is 5.92 Å². The number of nitrogens with one attached hydrogen (secondary N) is 1. The molecule has 222 valence electrons. The number of anilines is 1. The van der Waals surface area contributed by atoms with Gasteiger partial charge in [0.1, 0.15) is 0 Å². The summed E-state index contributed by atoms with van der Waals surface area (Å²) in [6.07, 6.45) is 13.6. The van der Waals surface area contributed by atoms with Gasteiger partial charge < -0.3 is 15.3 Å². The van der Waals surface area contributed by atoms with Gasteiger partial charge in [-0.2, -0.15) is 0 Å². The second-order valence-electron chi connectivity index (χ2n) is 12.5. The Morgan fingerprint density at radius 3 is 2.40 bits per heavy atom. The quantitative estimate of drug-likeness (QED) is 0.419. The first kappa shape index (κ1) is 29.3. The van der Waals surface area contributed by atoms with Crippen molar-refractivity contribution in [2.24, 2.45) is 5.92 Å². The largest absolute Gasteiger partial charge is 0.393 e. The number of hydrogen-bond donors (Lipinski definition) is 2. The van der Waals surface area contributed by atoms with Gasteiger partial charge in [-0.05, 0) is 82.3 Å². The maximum atomic E-state index is 13.1. The second kappa shape index (κ2) is 12.8. The standard InChI is InChI=1S/C30H47N5O4S/c1-3-4-5-6-21(2)32-30-31-20-28-26(19-27(35(28)33-30)23-11-13-25(36)14-12-23)22-7-9-24(10-8-22)29(37)34-15-17-40(38,39)18-16-34/h19-25,36H,3-18H2,1-2H3,(H,32,33)/t21-,22-,23-,24+,25-/m0/s1. The molecule has 0 bridgehead atoms. The van der Waals surface area contributed by atoms with Gasteiger partial charge in [-0.3, -0.25) is 4.79 Å². The molecule has 40 heavy (non-hydrogen) atoms. The zero-order chi connectivity index (χ0) is 28.3. The molecule has 0 spiro atoms. The molecule has 1 saturated heterocycles. The summed E-state index contributed by atoms with van der Waals surface area (Å²) >= 11 is 0. The van der Waals surface area contributed by atoms with Gasteiger partial charge in [-0.1, -0.05) is 26.2 Å². The number of rotatable bonds is 9. The molecule has 0 aromatic carbocycles. The average Bonchev–Trinajstić information content (AvgIpc) is 3.32. The van der Waals surface area contributed by atoms with Gasteiger partial charge in [0.2, 0.25) is 11.9 Å².